The van der Waals surface area contributed by atoms with Crippen LogP contribution >= 0.6 is 0 Å². The summed E-state index contributed by atoms with van der Waals surface area (Å²) in [4.78, 5) is 26.4. The van der Waals surface area contributed by atoms with Gasteiger partial charge >= 0.3 is 0 Å². The van der Waals surface area contributed by atoms with Crippen LogP contribution in [0.4, 0.5) is 0 Å². The zero-order valence-electron chi connectivity index (χ0n) is 14.2. The fourth-order valence-corrected chi connectivity index (χ4v) is 3.44. The smallest absolute Gasteiger partial charge is 0.253 e. The molecule has 1 saturated heterocycles. The lowest BCUT2D eigenvalue weighted by molar-refractivity contribution is 0.0792. The Labute approximate surface area is 143 Å². The van der Waals surface area contributed by atoms with Gasteiger partial charge in [0.05, 0.1) is 0 Å². The van der Waals surface area contributed by atoms with Crippen LogP contribution in [0.1, 0.15) is 65.7 Å². The minimum atomic E-state index is -0.0634. The molecule has 24 heavy (non-hydrogen) atoms. The molecule has 128 valence electrons. The van der Waals surface area contributed by atoms with Crippen molar-refractivity contribution in [3.63, 3.8) is 0 Å². The molecule has 0 bridgehead atoms. The monoisotopic (exact) mass is 326 g/mol. The Balaban J connectivity index is 1.50. The van der Waals surface area contributed by atoms with Gasteiger partial charge < -0.3 is 10.2 Å². The van der Waals surface area contributed by atoms with Gasteiger partial charge in [0, 0.05) is 30.8 Å². The lowest BCUT2D eigenvalue weighted by atomic mass is 9.97. The molecule has 1 fully saturated rings. The van der Waals surface area contributed by atoms with Gasteiger partial charge in [0.15, 0.2) is 0 Å². The molecular weight excluding hydrogens is 300 g/mol. The molecule has 0 radical (unpaired) electrons. The third-order valence-corrected chi connectivity index (χ3v) is 4.90. The maximum absolute atomic E-state index is 12.3. The average Bonchev–Trinajstić information content (AvgIpc) is 3.17. The van der Waals surface area contributed by atoms with Gasteiger partial charge in [0.25, 0.3) is 11.8 Å². The Morgan fingerprint density at radius 2 is 1.67 bits per heavy atom. The number of rotatable bonds is 5. The zero-order chi connectivity index (χ0) is 16.8. The minimum Gasteiger partial charge on any atom is -0.352 e. The van der Waals surface area contributed by atoms with Gasteiger partial charge in [0.1, 0.15) is 0 Å². The van der Waals surface area contributed by atoms with E-state index >= 15 is 0 Å². The van der Waals surface area contributed by atoms with Crippen molar-refractivity contribution >= 4 is 11.8 Å². The van der Waals surface area contributed by atoms with Crippen molar-refractivity contribution in [2.75, 3.05) is 19.6 Å². The number of benzene rings is 1. The number of nitrogens with zero attached hydrogens (tertiary/aromatic N) is 1. The molecule has 1 aliphatic carbocycles. The summed E-state index contributed by atoms with van der Waals surface area (Å²) in [5.74, 6) is 0.00951. The standard InChI is InChI=1S/C20H26N2O2/c23-19(21-13-12-16-6-2-1-3-7-16)17-8-10-18(11-9-17)20(24)22-14-4-5-15-22/h6,8-11H,1-5,7,12-15H2,(H,21,23). The van der Waals surface area contributed by atoms with E-state index in [1.54, 1.807) is 24.3 Å². The number of hydrogen-bond acceptors (Lipinski definition) is 2. The highest BCUT2D eigenvalue weighted by Crippen LogP contribution is 2.19. The lowest BCUT2D eigenvalue weighted by Crippen LogP contribution is -2.28. The Kier molecular flexibility index (Phi) is 5.68. The van der Waals surface area contributed by atoms with Crippen LogP contribution in [0.5, 0.6) is 0 Å². The molecule has 0 unspecified atom stereocenters. The quantitative estimate of drug-likeness (QED) is 0.841. The first kappa shape index (κ1) is 16.7. The predicted octanol–water partition coefficient (Wildman–Crippen LogP) is 3.54. The number of hydrogen-bond donors (Lipinski definition) is 1. The Morgan fingerprint density at radius 1 is 0.958 bits per heavy atom. The highest BCUT2D eigenvalue weighted by molar-refractivity contribution is 5.97. The van der Waals surface area contributed by atoms with Gasteiger partial charge in [-0.3, -0.25) is 9.59 Å². The summed E-state index contributed by atoms with van der Waals surface area (Å²) >= 11 is 0. The van der Waals surface area contributed by atoms with Crippen LogP contribution in [0.25, 0.3) is 0 Å². The fraction of sp³-hybridized carbons (Fsp3) is 0.500. The summed E-state index contributed by atoms with van der Waals surface area (Å²) in [7, 11) is 0. The van der Waals surface area contributed by atoms with E-state index in [2.05, 4.69) is 11.4 Å². The van der Waals surface area contributed by atoms with Crippen molar-refractivity contribution in [2.24, 2.45) is 0 Å². The van der Waals surface area contributed by atoms with Crippen molar-refractivity contribution < 1.29 is 9.59 Å². The largest absolute Gasteiger partial charge is 0.352 e. The van der Waals surface area contributed by atoms with Crippen LogP contribution in [-0.2, 0) is 0 Å². The third-order valence-electron chi connectivity index (χ3n) is 4.90. The summed E-state index contributed by atoms with van der Waals surface area (Å²) in [5, 5.41) is 2.97. The maximum atomic E-state index is 12.3. The summed E-state index contributed by atoms with van der Waals surface area (Å²) in [6.45, 7) is 2.37. The van der Waals surface area contributed by atoms with Gasteiger partial charge in [-0.25, -0.2) is 0 Å². The molecule has 1 N–H and O–H groups in total. The Bertz CT molecular complexity index is 613. The van der Waals surface area contributed by atoms with Crippen LogP contribution in [0, 0.1) is 0 Å². The number of nitrogens with one attached hydrogen (secondary N) is 1. The van der Waals surface area contributed by atoms with E-state index < -0.39 is 0 Å². The molecule has 1 aromatic rings. The van der Waals surface area contributed by atoms with E-state index in [4.69, 9.17) is 0 Å². The second kappa shape index (κ2) is 8.13. The van der Waals surface area contributed by atoms with E-state index in [1.807, 2.05) is 4.90 Å². The number of carbonyl (C=O) groups is 2. The third kappa shape index (κ3) is 4.25. The van der Waals surface area contributed by atoms with Crippen LogP contribution in [0.2, 0.25) is 0 Å². The number of likely N-dealkylation sites (tertiary alicyclic amines) is 1. The van der Waals surface area contributed by atoms with E-state index in [9.17, 15) is 9.59 Å². The second-order valence-corrected chi connectivity index (χ2v) is 6.69. The van der Waals surface area contributed by atoms with Crippen LogP contribution in [0.15, 0.2) is 35.9 Å². The van der Waals surface area contributed by atoms with Gasteiger partial charge in [-0.1, -0.05) is 11.6 Å². The number of allylic oxidation sites excluding steroid dienone is 1. The number of carbonyl (C=O) groups excluding carboxylic acids is 2. The SMILES string of the molecule is O=C(NCCC1=CCCCC1)c1ccc(C(=O)N2CCCC2)cc1. The summed E-state index contributed by atoms with van der Waals surface area (Å²) in [6, 6.07) is 7.02. The molecule has 2 amide bonds. The van der Waals surface area contributed by atoms with Crippen LogP contribution in [0.3, 0.4) is 0 Å². The van der Waals surface area contributed by atoms with E-state index in [-0.39, 0.29) is 11.8 Å². The van der Waals surface area contributed by atoms with Crippen LogP contribution in [-0.4, -0.2) is 36.3 Å². The molecule has 4 nitrogen and oxygen atoms in total. The molecule has 2 aliphatic rings. The normalized spacial score (nSPS) is 17.5. The molecular formula is C20H26N2O2. The first-order chi connectivity index (χ1) is 11.7. The van der Waals surface area contributed by atoms with Crippen LogP contribution < -0.4 is 5.32 Å². The first-order valence-corrected chi connectivity index (χ1v) is 9.09. The minimum absolute atomic E-state index is 0.0634. The van der Waals surface area contributed by atoms with Crippen molar-refractivity contribution in [1.82, 2.24) is 10.2 Å². The van der Waals surface area contributed by atoms with E-state index in [0.717, 1.165) is 32.4 Å². The number of amides is 2. The molecule has 0 atom stereocenters. The van der Waals surface area contributed by atoms with Gasteiger partial charge in [0.2, 0.25) is 0 Å². The highest BCUT2D eigenvalue weighted by Gasteiger charge is 2.19. The topological polar surface area (TPSA) is 49.4 Å². The van der Waals surface area contributed by atoms with Crippen molar-refractivity contribution in [3.05, 3.63) is 47.0 Å². The molecule has 0 saturated carbocycles. The zero-order valence-corrected chi connectivity index (χ0v) is 14.2. The van der Waals surface area contributed by atoms with Gasteiger partial charge in [-0.05, 0) is 69.2 Å². The second-order valence-electron chi connectivity index (χ2n) is 6.69. The van der Waals surface area contributed by atoms with Crippen molar-refractivity contribution in [1.29, 1.82) is 0 Å². The fourth-order valence-electron chi connectivity index (χ4n) is 3.44. The highest BCUT2D eigenvalue weighted by atomic mass is 16.2. The van der Waals surface area contributed by atoms with Crippen molar-refractivity contribution in [2.45, 2.75) is 44.9 Å². The summed E-state index contributed by atoms with van der Waals surface area (Å²) in [5.41, 5.74) is 2.75. The van der Waals surface area contributed by atoms with E-state index in [1.165, 1.54) is 31.3 Å². The van der Waals surface area contributed by atoms with Crippen molar-refractivity contribution in [3.8, 4) is 0 Å². The van der Waals surface area contributed by atoms with E-state index in [0.29, 0.717) is 17.7 Å². The Hall–Kier alpha value is -2.10. The first-order valence-electron chi connectivity index (χ1n) is 9.09. The Morgan fingerprint density at radius 3 is 2.33 bits per heavy atom. The predicted molar refractivity (Wildman–Crippen MR) is 95.1 cm³/mol. The molecule has 0 spiro atoms. The molecule has 1 aromatic carbocycles. The molecule has 1 heterocycles. The average molecular weight is 326 g/mol. The molecule has 1 aliphatic heterocycles. The lowest BCUT2D eigenvalue weighted by Gasteiger charge is -2.15. The summed E-state index contributed by atoms with van der Waals surface area (Å²) in [6.07, 6.45) is 10.3. The molecule has 0 aromatic heterocycles. The maximum Gasteiger partial charge on any atom is 0.253 e. The van der Waals surface area contributed by atoms with Gasteiger partial charge in [-0.15, -0.1) is 0 Å². The molecule has 4 heteroatoms. The summed E-state index contributed by atoms with van der Waals surface area (Å²) < 4.78 is 0. The van der Waals surface area contributed by atoms with Gasteiger partial charge in [-0.2, -0.15) is 0 Å². The molecule has 3 rings (SSSR count).